The van der Waals surface area contributed by atoms with Gasteiger partial charge in [0.1, 0.15) is 0 Å². The van der Waals surface area contributed by atoms with Gasteiger partial charge in [-0.1, -0.05) is 13.5 Å². The number of carbonyl (C=O) groups excluding carboxylic acids is 1. The van der Waals surface area contributed by atoms with Gasteiger partial charge in [0.2, 0.25) is 5.91 Å². The molecule has 0 bridgehead atoms. The van der Waals surface area contributed by atoms with E-state index in [1.807, 2.05) is 0 Å². The monoisotopic (exact) mass is 239 g/mol. The second-order valence-corrected chi connectivity index (χ2v) is 4.48. The van der Waals surface area contributed by atoms with Crippen LogP contribution in [0.2, 0.25) is 0 Å². The quantitative estimate of drug-likeness (QED) is 0.525. The molecule has 1 saturated heterocycles. The highest BCUT2D eigenvalue weighted by Gasteiger charge is 2.14. The number of hydrogen-bond acceptors (Lipinski definition) is 3. The predicted octanol–water partition coefficient (Wildman–Crippen LogP) is 0.706. The first-order valence-corrected chi connectivity index (χ1v) is 6.61. The van der Waals surface area contributed by atoms with Gasteiger partial charge in [0.05, 0.1) is 0 Å². The minimum absolute atomic E-state index is 0.0680. The van der Waals surface area contributed by atoms with Crippen LogP contribution in [0.1, 0.15) is 19.8 Å². The van der Waals surface area contributed by atoms with Gasteiger partial charge in [-0.25, -0.2) is 0 Å². The topological polar surface area (TPSA) is 35.6 Å². The molecule has 0 radical (unpaired) electrons. The van der Waals surface area contributed by atoms with Crippen LogP contribution in [0.4, 0.5) is 0 Å². The molecule has 1 fully saturated rings. The Morgan fingerprint density at radius 3 is 2.47 bits per heavy atom. The van der Waals surface area contributed by atoms with Crippen LogP contribution in [0.15, 0.2) is 12.7 Å². The molecule has 1 aliphatic rings. The van der Waals surface area contributed by atoms with E-state index in [0.29, 0.717) is 0 Å². The fourth-order valence-electron chi connectivity index (χ4n) is 2.07. The van der Waals surface area contributed by atoms with Gasteiger partial charge in [-0.15, -0.1) is 0 Å². The number of rotatable bonds is 7. The van der Waals surface area contributed by atoms with E-state index in [2.05, 4.69) is 28.6 Å². The molecule has 4 nitrogen and oxygen atoms in total. The van der Waals surface area contributed by atoms with Crippen molar-refractivity contribution in [1.29, 1.82) is 0 Å². The molecule has 0 aliphatic carbocycles. The van der Waals surface area contributed by atoms with Crippen LogP contribution in [0.25, 0.3) is 0 Å². The number of unbranched alkanes of at least 4 members (excludes halogenated alkanes) is 1. The maximum Gasteiger partial charge on any atom is 0.243 e. The lowest BCUT2D eigenvalue weighted by molar-refractivity contribution is -0.116. The highest BCUT2D eigenvalue weighted by atomic mass is 16.1. The Bertz CT molecular complexity index is 235. The summed E-state index contributed by atoms with van der Waals surface area (Å²) in [6.45, 7) is 13.5. The lowest BCUT2D eigenvalue weighted by Crippen LogP contribution is -2.46. The second kappa shape index (κ2) is 8.25. The normalized spacial score (nSPS) is 17.9. The molecule has 1 aliphatic heterocycles. The molecule has 1 rings (SSSR count). The molecule has 1 amide bonds. The van der Waals surface area contributed by atoms with Crippen molar-refractivity contribution in [3.8, 4) is 0 Å². The number of likely N-dealkylation sites (N-methyl/N-ethyl adjacent to an activating group) is 1. The van der Waals surface area contributed by atoms with Crippen molar-refractivity contribution in [3.05, 3.63) is 12.7 Å². The molecule has 0 unspecified atom stereocenters. The van der Waals surface area contributed by atoms with Gasteiger partial charge in [-0.05, 0) is 32.0 Å². The average Bonchev–Trinajstić information content (AvgIpc) is 2.38. The molecule has 1 N–H and O–H groups in total. The fraction of sp³-hybridized carbons (Fsp3) is 0.769. The summed E-state index contributed by atoms with van der Waals surface area (Å²) in [5, 5.41) is 2.80. The van der Waals surface area contributed by atoms with Crippen LogP contribution in [0, 0.1) is 0 Å². The summed E-state index contributed by atoms with van der Waals surface area (Å²) in [5.74, 6) is -0.0680. The Morgan fingerprint density at radius 2 is 1.88 bits per heavy atom. The molecule has 98 valence electrons. The van der Waals surface area contributed by atoms with Crippen molar-refractivity contribution in [1.82, 2.24) is 15.1 Å². The number of amides is 1. The van der Waals surface area contributed by atoms with Gasteiger partial charge in [-0.2, -0.15) is 0 Å². The van der Waals surface area contributed by atoms with Crippen molar-refractivity contribution >= 4 is 5.91 Å². The molecular formula is C13H25N3O. The van der Waals surface area contributed by atoms with E-state index in [0.717, 1.165) is 25.9 Å². The predicted molar refractivity (Wildman–Crippen MR) is 71.0 cm³/mol. The van der Waals surface area contributed by atoms with E-state index in [1.165, 1.54) is 38.8 Å². The highest BCUT2D eigenvalue weighted by molar-refractivity contribution is 5.86. The Hall–Kier alpha value is -0.870. The van der Waals surface area contributed by atoms with Crippen molar-refractivity contribution < 1.29 is 4.79 Å². The van der Waals surface area contributed by atoms with Gasteiger partial charge in [-0.3, -0.25) is 4.79 Å². The molecule has 1 heterocycles. The molecule has 4 heteroatoms. The second-order valence-electron chi connectivity index (χ2n) is 4.48. The zero-order valence-corrected chi connectivity index (χ0v) is 11.0. The average molecular weight is 239 g/mol. The van der Waals surface area contributed by atoms with Crippen LogP contribution in [-0.2, 0) is 4.79 Å². The minimum Gasteiger partial charge on any atom is -0.353 e. The first kappa shape index (κ1) is 14.2. The van der Waals surface area contributed by atoms with E-state index in [4.69, 9.17) is 0 Å². The molecule has 0 aromatic heterocycles. The fourth-order valence-corrected chi connectivity index (χ4v) is 2.07. The summed E-state index contributed by atoms with van der Waals surface area (Å²) in [4.78, 5) is 15.9. The van der Waals surface area contributed by atoms with E-state index in [1.54, 1.807) is 0 Å². The Balaban J connectivity index is 1.97. The van der Waals surface area contributed by atoms with Gasteiger partial charge >= 0.3 is 0 Å². The molecule has 0 atom stereocenters. The van der Waals surface area contributed by atoms with E-state index < -0.39 is 0 Å². The summed E-state index contributed by atoms with van der Waals surface area (Å²) in [5.41, 5.74) is 0. The maximum absolute atomic E-state index is 10.9. The zero-order valence-electron chi connectivity index (χ0n) is 11.0. The van der Waals surface area contributed by atoms with Crippen molar-refractivity contribution in [2.24, 2.45) is 0 Å². The molecule has 0 saturated carbocycles. The largest absolute Gasteiger partial charge is 0.353 e. The standard InChI is InChI=1S/C13H25N3O/c1-3-13(17)14-7-5-6-8-16-11-9-15(4-2)10-12-16/h3H,1,4-12H2,2H3,(H,14,17). The molecular weight excluding hydrogens is 214 g/mol. The molecule has 17 heavy (non-hydrogen) atoms. The molecule has 0 aromatic carbocycles. The van der Waals surface area contributed by atoms with E-state index >= 15 is 0 Å². The van der Waals surface area contributed by atoms with Crippen LogP contribution in [0.5, 0.6) is 0 Å². The highest BCUT2D eigenvalue weighted by Crippen LogP contribution is 2.02. The van der Waals surface area contributed by atoms with E-state index in [-0.39, 0.29) is 5.91 Å². The van der Waals surface area contributed by atoms with Crippen LogP contribution >= 0.6 is 0 Å². The van der Waals surface area contributed by atoms with Gasteiger partial charge < -0.3 is 15.1 Å². The summed E-state index contributed by atoms with van der Waals surface area (Å²) in [6.07, 6.45) is 3.53. The van der Waals surface area contributed by atoms with Gasteiger partial charge in [0.15, 0.2) is 0 Å². The number of carbonyl (C=O) groups is 1. The lowest BCUT2D eigenvalue weighted by Gasteiger charge is -2.33. The lowest BCUT2D eigenvalue weighted by atomic mass is 10.2. The summed E-state index contributed by atoms with van der Waals surface area (Å²) >= 11 is 0. The third kappa shape index (κ3) is 5.84. The van der Waals surface area contributed by atoms with Crippen molar-refractivity contribution in [2.75, 3.05) is 45.8 Å². The van der Waals surface area contributed by atoms with Crippen molar-refractivity contribution in [3.63, 3.8) is 0 Å². The number of nitrogens with zero attached hydrogens (tertiary/aromatic N) is 2. The summed E-state index contributed by atoms with van der Waals surface area (Å²) < 4.78 is 0. The summed E-state index contributed by atoms with van der Waals surface area (Å²) in [7, 11) is 0. The number of hydrogen-bond donors (Lipinski definition) is 1. The first-order valence-electron chi connectivity index (χ1n) is 6.61. The van der Waals surface area contributed by atoms with Crippen LogP contribution in [0.3, 0.4) is 0 Å². The Morgan fingerprint density at radius 1 is 1.24 bits per heavy atom. The van der Waals surface area contributed by atoms with Crippen LogP contribution in [-0.4, -0.2) is 61.5 Å². The number of piperazine rings is 1. The smallest absolute Gasteiger partial charge is 0.243 e. The Kier molecular flexibility index (Phi) is 6.89. The third-order valence-corrected chi connectivity index (χ3v) is 3.30. The molecule has 0 spiro atoms. The maximum atomic E-state index is 10.9. The third-order valence-electron chi connectivity index (χ3n) is 3.30. The zero-order chi connectivity index (χ0) is 12.5. The van der Waals surface area contributed by atoms with Crippen molar-refractivity contribution in [2.45, 2.75) is 19.8 Å². The van der Waals surface area contributed by atoms with E-state index in [9.17, 15) is 4.79 Å². The van der Waals surface area contributed by atoms with Crippen LogP contribution < -0.4 is 5.32 Å². The Labute approximate surface area is 105 Å². The van der Waals surface area contributed by atoms with Gasteiger partial charge in [0, 0.05) is 32.7 Å². The number of nitrogens with one attached hydrogen (secondary N) is 1. The minimum atomic E-state index is -0.0680. The molecule has 0 aromatic rings. The SMILES string of the molecule is C=CC(=O)NCCCCN1CCN(CC)CC1. The van der Waals surface area contributed by atoms with Gasteiger partial charge in [0.25, 0.3) is 0 Å². The first-order chi connectivity index (χ1) is 8.26. The summed E-state index contributed by atoms with van der Waals surface area (Å²) in [6, 6.07) is 0.